The van der Waals surface area contributed by atoms with Gasteiger partial charge in [0.1, 0.15) is 0 Å². The second-order valence-corrected chi connectivity index (χ2v) is 6.92. The average molecular weight is 286 g/mol. The van der Waals surface area contributed by atoms with Crippen LogP contribution in [0.15, 0.2) is 24.3 Å². The number of piperidine rings is 1. The van der Waals surface area contributed by atoms with Crippen LogP contribution in [0.1, 0.15) is 36.8 Å². The Bertz CT molecular complexity index is 488. The van der Waals surface area contributed by atoms with Gasteiger partial charge in [0.25, 0.3) is 0 Å². The molecule has 1 N–H and O–H groups in total. The van der Waals surface area contributed by atoms with Gasteiger partial charge in [-0.15, -0.1) is 0 Å². The third-order valence-electron chi connectivity index (χ3n) is 5.83. The minimum Gasteiger partial charge on any atom is -0.381 e. The fraction of sp³-hybridized carbons (Fsp3) is 0.667. The van der Waals surface area contributed by atoms with Crippen molar-refractivity contribution in [1.29, 1.82) is 0 Å². The van der Waals surface area contributed by atoms with E-state index in [-0.39, 0.29) is 0 Å². The minimum atomic E-state index is 0.385. The lowest BCUT2D eigenvalue weighted by atomic mass is 9.69. The molecule has 114 valence electrons. The van der Waals surface area contributed by atoms with E-state index < -0.39 is 0 Å². The number of fused-ring (bicyclic) bond motifs is 2. The van der Waals surface area contributed by atoms with Gasteiger partial charge >= 0.3 is 0 Å². The van der Waals surface area contributed by atoms with Crippen LogP contribution in [-0.4, -0.2) is 43.8 Å². The highest BCUT2D eigenvalue weighted by atomic mass is 16.5. The molecule has 1 aromatic carbocycles. The van der Waals surface area contributed by atoms with Gasteiger partial charge in [-0.25, -0.2) is 0 Å². The molecule has 0 atom stereocenters. The van der Waals surface area contributed by atoms with Crippen LogP contribution in [0, 0.1) is 0 Å². The lowest BCUT2D eigenvalue weighted by molar-refractivity contribution is 0.0163. The molecule has 0 bridgehead atoms. The predicted octanol–water partition coefficient (Wildman–Crippen LogP) is 2.30. The summed E-state index contributed by atoms with van der Waals surface area (Å²) in [5.41, 5.74) is 3.52. The standard InChI is InChI=1S/C18H26N2O/c1-2-4-17-15(3-1)13-19-14-18(17)7-9-20(10-8-18)16-5-11-21-12-6-16/h1-4,16,19H,5-14H2. The summed E-state index contributed by atoms with van der Waals surface area (Å²) < 4.78 is 5.51. The summed E-state index contributed by atoms with van der Waals surface area (Å²) >= 11 is 0. The topological polar surface area (TPSA) is 24.5 Å². The molecular weight excluding hydrogens is 260 g/mol. The molecule has 0 aromatic heterocycles. The smallest absolute Gasteiger partial charge is 0.0480 e. The van der Waals surface area contributed by atoms with E-state index in [1.807, 2.05) is 0 Å². The van der Waals surface area contributed by atoms with E-state index in [2.05, 4.69) is 34.5 Å². The molecular formula is C18H26N2O. The Balaban J connectivity index is 1.49. The van der Waals surface area contributed by atoms with E-state index in [1.165, 1.54) is 44.3 Å². The summed E-state index contributed by atoms with van der Waals surface area (Å²) in [6.45, 7) is 6.61. The number of nitrogens with zero attached hydrogens (tertiary/aromatic N) is 1. The molecule has 4 rings (SSSR count). The Morgan fingerprint density at radius 2 is 1.86 bits per heavy atom. The number of nitrogens with one attached hydrogen (secondary N) is 1. The first kappa shape index (κ1) is 13.7. The van der Waals surface area contributed by atoms with Crippen LogP contribution in [0.4, 0.5) is 0 Å². The highest BCUT2D eigenvalue weighted by molar-refractivity contribution is 5.37. The van der Waals surface area contributed by atoms with E-state index in [4.69, 9.17) is 4.74 Å². The van der Waals surface area contributed by atoms with Crippen LogP contribution in [0.2, 0.25) is 0 Å². The van der Waals surface area contributed by atoms with Gasteiger partial charge < -0.3 is 15.0 Å². The lowest BCUT2D eigenvalue weighted by Crippen LogP contribution is -2.53. The van der Waals surface area contributed by atoms with Crippen LogP contribution in [0.3, 0.4) is 0 Å². The maximum absolute atomic E-state index is 5.51. The third kappa shape index (κ3) is 2.52. The van der Waals surface area contributed by atoms with Crippen molar-refractivity contribution in [2.45, 2.75) is 43.7 Å². The van der Waals surface area contributed by atoms with Gasteiger partial charge in [-0.3, -0.25) is 0 Å². The van der Waals surface area contributed by atoms with Gasteiger partial charge in [-0.2, -0.15) is 0 Å². The quantitative estimate of drug-likeness (QED) is 0.857. The first-order valence-electron chi connectivity index (χ1n) is 8.48. The van der Waals surface area contributed by atoms with E-state index in [9.17, 15) is 0 Å². The zero-order chi connectivity index (χ0) is 14.1. The van der Waals surface area contributed by atoms with Gasteiger partial charge in [-0.05, 0) is 49.9 Å². The number of benzene rings is 1. The van der Waals surface area contributed by atoms with Crippen LogP contribution >= 0.6 is 0 Å². The van der Waals surface area contributed by atoms with Crippen molar-refractivity contribution in [3.05, 3.63) is 35.4 Å². The van der Waals surface area contributed by atoms with Crippen molar-refractivity contribution >= 4 is 0 Å². The maximum atomic E-state index is 5.51. The molecule has 3 heteroatoms. The summed E-state index contributed by atoms with van der Waals surface area (Å²) in [7, 11) is 0. The Labute approximate surface area is 127 Å². The maximum Gasteiger partial charge on any atom is 0.0480 e. The number of hydrogen-bond acceptors (Lipinski definition) is 3. The summed E-state index contributed by atoms with van der Waals surface area (Å²) in [5.74, 6) is 0. The van der Waals surface area contributed by atoms with Crippen molar-refractivity contribution < 1.29 is 4.74 Å². The summed E-state index contributed by atoms with van der Waals surface area (Å²) in [6, 6.07) is 9.84. The van der Waals surface area contributed by atoms with Gasteiger partial charge in [0.15, 0.2) is 0 Å². The number of hydrogen-bond donors (Lipinski definition) is 1. The van der Waals surface area contributed by atoms with Gasteiger partial charge in [0.05, 0.1) is 0 Å². The monoisotopic (exact) mass is 286 g/mol. The second-order valence-electron chi connectivity index (χ2n) is 6.92. The van der Waals surface area contributed by atoms with Crippen molar-refractivity contribution in [2.75, 3.05) is 32.8 Å². The first-order valence-corrected chi connectivity index (χ1v) is 8.48. The van der Waals surface area contributed by atoms with Crippen molar-refractivity contribution in [2.24, 2.45) is 0 Å². The van der Waals surface area contributed by atoms with E-state index in [0.717, 1.165) is 32.3 Å². The van der Waals surface area contributed by atoms with Crippen LogP contribution in [0.5, 0.6) is 0 Å². The highest BCUT2D eigenvalue weighted by Crippen LogP contribution is 2.40. The Kier molecular flexibility index (Phi) is 3.74. The number of likely N-dealkylation sites (tertiary alicyclic amines) is 1. The Morgan fingerprint density at radius 1 is 1.10 bits per heavy atom. The molecule has 3 aliphatic rings. The first-order chi connectivity index (χ1) is 10.4. The molecule has 21 heavy (non-hydrogen) atoms. The largest absolute Gasteiger partial charge is 0.381 e. The normalized spacial score (nSPS) is 26.7. The van der Waals surface area contributed by atoms with E-state index in [1.54, 1.807) is 5.56 Å². The Hall–Kier alpha value is -0.900. The Morgan fingerprint density at radius 3 is 2.67 bits per heavy atom. The zero-order valence-corrected chi connectivity index (χ0v) is 12.8. The van der Waals surface area contributed by atoms with Crippen molar-refractivity contribution in [3.63, 3.8) is 0 Å². The summed E-state index contributed by atoms with van der Waals surface area (Å²) in [4.78, 5) is 2.73. The molecule has 0 aliphatic carbocycles. The molecule has 1 aromatic rings. The fourth-order valence-corrected chi connectivity index (χ4v) is 4.54. The average Bonchev–Trinajstić information content (AvgIpc) is 2.57. The molecule has 3 heterocycles. The second kappa shape index (κ2) is 5.71. The van der Waals surface area contributed by atoms with Crippen LogP contribution < -0.4 is 5.32 Å². The van der Waals surface area contributed by atoms with Crippen LogP contribution in [-0.2, 0) is 16.7 Å². The molecule has 0 radical (unpaired) electrons. The third-order valence-corrected chi connectivity index (χ3v) is 5.83. The van der Waals surface area contributed by atoms with Crippen LogP contribution in [0.25, 0.3) is 0 Å². The molecule has 0 saturated carbocycles. The predicted molar refractivity (Wildman–Crippen MR) is 84.5 cm³/mol. The van der Waals surface area contributed by atoms with Gasteiger partial charge in [0, 0.05) is 37.8 Å². The molecule has 3 nitrogen and oxygen atoms in total. The summed E-state index contributed by atoms with van der Waals surface area (Å²) in [6.07, 6.45) is 5.05. The number of ether oxygens (including phenoxy) is 1. The van der Waals surface area contributed by atoms with Crippen molar-refractivity contribution in [3.8, 4) is 0 Å². The molecule has 1 spiro atoms. The fourth-order valence-electron chi connectivity index (χ4n) is 4.54. The van der Waals surface area contributed by atoms with Gasteiger partial charge in [0.2, 0.25) is 0 Å². The van der Waals surface area contributed by atoms with E-state index >= 15 is 0 Å². The van der Waals surface area contributed by atoms with Gasteiger partial charge in [-0.1, -0.05) is 24.3 Å². The van der Waals surface area contributed by atoms with Crippen molar-refractivity contribution in [1.82, 2.24) is 10.2 Å². The molecule has 2 fully saturated rings. The summed E-state index contributed by atoms with van der Waals surface area (Å²) in [5, 5.41) is 3.66. The highest BCUT2D eigenvalue weighted by Gasteiger charge is 2.40. The SMILES string of the molecule is c1ccc2c(c1)CNCC21CCN(C2CCOCC2)CC1. The molecule has 0 amide bonds. The zero-order valence-electron chi connectivity index (χ0n) is 12.8. The van der Waals surface area contributed by atoms with E-state index in [0.29, 0.717) is 5.41 Å². The molecule has 3 aliphatic heterocycles. The molecule has 2 saturated heterocycles. The minimum absolute atomic E-state index is 0.385. The number of rotatable bonds is 1. The lowest BCUT2D eigenvalue weighted by Gasteiger charge is -2.48. The molecule has 0 unspecified atom stereocenters.